The van der Waals surface area contributed by atoms with Gasteiger partial charge in [0.25, 0.3) is 0 Å². The van der Waals surface area contributed by atoms with Crippen LogP contribution in [-0.2, 0) is 8.53 Å². The summed E-state index contributed by atoms with van der Waals surface area (Å²) >= 11 is 2.22. The fraction of sp³-hybridized carbons (Fsp3) is 1.00. The van der Waals surface area contributed by atoms with E-state index in [1.807, 2.05) is 20.8 Å². The Morgan fingerprint density at radius 3 is 1.73 bits per heavy atom. The molecule has 1 rings (SSSR count). The van der Waals surface area contributed by atoms with E-state index >= 15 is 0 Å². The van der Waals surface area contributed by atoms with Gasteiger partial charge in [-0.2, -0.15) is 0 Å². The molecule has 1 fully saturated rings. The molecule has 1 heterocycles. The van der Waals surface area contributed by atoms with Crippen molar-refractivity contribution in [2.45, 2.75) is 39.2 Å². The summed E-state index contributed by atoms with van der Waals surface area (Å²) in [5, 5.41) is 0. The van der Waals surface area contributed by atoms with Crippen LogP contribution in [0.5, 0.6) is 0 Å². The van der Waals surface area contributed by atoms with Gasteiger partial charge in [0, 0.05) is 20.2 Å². The van der Waals surface area contributed by atoms with E-state index in [1.54, 1.807) is 0 Å². The monoisotopic (exact) mass is 174 g/mol. The van der Waals surface area contributed by atoms with E-state index in [9.17, 15) is 0 Å². The maximum atomic E-state index is 4.94. The molecule has 0 N–H and O–H groups in total. The van der Waals surface area contributed by atoms with Crippen LogP contribution in [0.1, 0.15) is 35.0 Å². The second-order valence-corrected chi connectivity index (χ2v) is 3.79. The van der Waals surface area contributed by atoms with Crippen molar-refractivity contribution in [3.63, 3.8) is 0 Å². The average molecular weight is 174 g/mol. The number of hydrogen-bond acceptors (Lipinski definition) is 2. The van der Waals surface area contributed by atoms with Gasteiger partial charge in [-0.3, -0.25) is 0 Å². The molecule has 1 saturated heterocycles. The summed E-state index contributed by atoms with van der Waals surface area (Å²) in [6, 6.07) is 0. The summed E-state index contributed by atoms with van der Waals surface area (Å²) < 4.78 is 9.80. The van der Waals surface area contributed by atoms with Crippen molar-refractivity contribution in [3.05, 3.63) is 0 Å². The normalized spacial score (nSPS) is 17.4. The van der Waals surface area contributed by atoms with Crippen molar-refractivity contribution in [2.75, 3.05) is 13.2 Å². The summed E-state index contributed by atoms with van der Waals surface area (Å²) in [4.78, 5) is 0. The van der Waals surface area contributed by atoms with Crippen LogP contribution < -0.4 is 0 Å². The first kappa shape index (κ1) is 11.5. The zero-order chi connectivity index (χ0) is 8.74. The molecule has 1 aliphatic heterocycles. The molecule has 0 saturated carbocycles. The van der Waals surface area contributed by atoms with E-state index < -0.39 is 0 Å². The molecular formula is C8H19AlO2. The van der Waals surface area contributed by atoms with Crippen LogP contribution >= 0.6 is 0 Å². The molecule has 0 unspecified atom stereocenters. The van der Waals surface area contributed by atoms with Crippen molar-refractivity contribution in [1.29, 1.82) is 0 Å². The van der Waals surface area contributed by atoms with Crippen molar-refractivity contribution >= 4 is 16.6 Å². The predicted octanol–water partition coefficient (Wildman–Crippen LogP) is 1.93. The molecule has 3 heteroatoms. The first-order valence-electron chi connectivity index (χ1n) is 4.02. The largest absolute Gasteiger partial charge is 0.512 e. The SMILES string of the molecule is C1CCOC1.CC(C)(C)[O][Al].[HH]. The lowest BCUT2D eigenvalue weighted by molar-refractivity contribution is 0.147. The van der Waals surface area contributed by atoms with Crippen LogP contribution in [0, 0.1) is 0 Å². The first-order valence-corrected chi connectivity index (χ1v) is 4.49. The quantitative estimate of drug-likeness (QED) is 0.522. The van der Waals surface area contributed by atoms with Gasteiger partial charge < -0.3 is 8.53 Å². The second-order valence-electron chi connectivity index (χ2n) is 3.55. The third-order valence-corrected chi connectivity index (χ3v) is 1.89. The lowest BCUT2D eigenvalue weighted by Gasteiger charge is -2.17. The topological polar surface area (TPSA) is 18.5 Å². The third kappa shape index (κ3) is 10.5. The molecule has 0 aromatic rings. The highest BCUT2D eigenvalue weighted by atomic mass is 27.1. The van der Waals surface area contributed by atoms with Gasteiger partial charge in [-0.05, 0) is 33.6 Å². The van der Waals surface area contributed by atoms with E-state index in [0.29, 0.717) is 0 Å². The second kappa shape index (κ2) is 6.02. The summed E-state index contributed by atoms with van der Waals surface area (Å²) in [5.74, 6) is 0. The summed E-state index contributed by atoms with van der Waals surface area (Å²) in [5.41, 5.74) is 0.00463. The Balaban J connectivity index is 0. The van der Waals surface area contributed by atoms with Crippen LogP contribution in [0.4, 0.5) is 0 Å². The van der Waals surface area contributed by atoms with Gasteiger partial charge in [-0.15, -0.1) is 0 Å². The van der Waals surface area contributed by atoms with Gasteiger partial charge in [0.15, 0.2) is 0 Å². The van der Waals surface area contributed by atoms with Crippen LogP contribution in [-0.4, -0.2) is 35.4 Å². The Morgan fingerprint density at radius 1 is 1.27 bits per heavy atom. The van der Waals surface area contributed by atoms with Crippen molar-refractivity contribution in [2.24, 2.45) is 0 Å². The van der Waals surface area contributed by atoms with Crippen molar-refractivity contribution in [3.8, 4) is 0 Å². The molecular weight excluding hydrogens is 155 g/mol. The van der Waals surface area contributed by atoms with Crippen LogP contribution in [0.25, 0.3) is 0 Å². The molecule has 0 aliphatic carbocycles. The fourth-order valence-electron chi connectivity index (χ4n) is 0.510. The highest BCUT2D eigenvalue weighted by Gasteiger charge is 2.01. The standard InChI is InChI=1S/C4H8O.C4H9O.Al.H2/c1-2-4-5-3-1;1-4(2,3)5;;/h1-4H2;1-3H3;;1H/q;-1;+1;. The Hall–Kier alpha value is 0.452. The molecule has 0 aromatic carbocycles. The molecule has 0 amide bonds. The van der Waals surface area contributed by atoms with E-state index in [-0.39, 0.29) is 7.03 Å². The molecule has 0 spiro atoms. The van der Waals surface area contributed by atoms with Gasteiger partial charge in [-0.25, -0.2) is 0 Å². The van der Waals surface area contributed by atoms with Crippen LogP contribution in [0.15, 0.2) is 0 Å². The molecule has 1 aliphatic rings. The van der Waals surface area contributed by atoms with E-state index in [0.717, 1.165) is 13.2 Å². The molecule has 11 heavy (non-hydrogen) atoms. The minimum absolute atomic E-state index is 0. The van der Waals surface area contributed by atoms with Crippen LogP contribution in [0.2, 0.25) is 0 Å². The zero-order valence-electron chi connectivity index (χ0n) is 7.72. The maximum absolute atomic E-state index is 4.94. The van der Waals surface area contributed by atoms with Gasteiger partial charge in [0.05, 0.1) is 0 Å². The van der Waals surface area contributed by atoms with Crippen LogP contribution in [0.3, 0.4) is 0 Å². The molecule has 0 atom stereocenters. The number of ether oxygens (including phenoxy) is 1. The lowest BCUT2D eigenvalue weighted by Crippen LogP contribution is -2.16. The molecule has 0 aromatic heterocycles. The fourth-order valence-corrected chi connectivity index (χ4v) is 0.510. The van der Waals surface area contributed by atoms with Gasteiger partial charge in [-0.1, -0.05) is 0 Å². The van der Waals surface area contributed by atoms with E-state index in [4.69, 9.17) is 8.53 Å². The minimum Gasteiger partial charge on any atom is -0.512 e. The Morgan fingerprint density at radius 2 is 1.64 bits per heavy atom. The van der Waals surface area contributed by atoms with E-state index in [2.05, 4.69) is 16.6 Å². The zero-order valence-corrected chi connectivity index (χ0v) is 8.88. The third-order valence-electron chi connectivity index (χ3n) is 1.18. The van der Waals surface area contributed by atoms with E-state index in [1.165, 1.54) is 12.8 Å². The summed E-state index contributed by atoms with van der Waals surface area (Å²) in [6.07, 6.45) is 2.56. The molecule has 2 nitrogen and oxygen atoms in total. The maximum Gasteiger partial charge on any atom is 0.369 e. The van der Waals surface area contributed by atoms with Gasteiger partial charge in [0.2, 0.25) is 0 Å². The van der Waals surface area contributed by atoms with Crippen molar-refractivity contribution < 1.29 is 9.95 Å². The lowest BCUT2D eigenvalue weighted by atomic mass is 10.2. The Bertz CT molecular complexity index is 81.9. The highest BCUT2D eigenvalue weighted by Crippen LogP contribution is 2.01. The number of hydrogen-bond donors (Lipinski definition) is 0. The highest BCUT2D eigenvalue weighted by molar-refractivity contribution is 5.98. The Labute approximate surface area is 79.5 Å². The Kier molecular flexibility index (Phi) is 6.27. The average Bonchev–Trinajstić information content (AvgIpc) is 2.41. The number of rotatable bonds is 0. The molecule has 0 bridgehead atoms. The molecule has 2 radical (unpaired) electrons. The van der Waals surface area contributed by atoms with Gasteiger partial charge >= 0.3 is 16.6 Å². The minimum atomic E-state index is 0. The summed E-state index contributed by atoms with van der Waals surface area (Å²) in [6.45, 7) is 8.00. The first-order chi connectivity index (χ1) is 5.06. The van der Waals surface area contributed by atoms with Gasteiger partial charge in [0.1, 0.15) is 0 Å². The summed E-state index contributed by atoms with van der Waals surface area (Å²) in [7, 11) is 0. The predicted molar refractivity (Wildman–Crippen MR) is 48.8 cm³/mol. The van der Waals surface area contributed by atoms with Crippen molar-refractivity contribution in [1.82, 2.24) is 0 Å². The smallest absolute Gasteiger partial charge is 0.369 e. The molecule has 66 valence electrons.